The maximum atomic E-state index is 8.52. The van der Waals surface area contributed by atoms with Gasteiger partial charge in [-0.3, -0.25) is 8.42 Å². The number of rotatable bonds is 0. The molecule has 0 amide bonds. The van der Waals surface area contributed by atoms with Gasteiger partial charge in [-0.2, -0.15) is 0 Å². The van der Waals surface area contributed by atoms with Crippen LogP contribution in [0.5, 0.6) is 0 Å². The van der Waals surface area contributed by atoms with Gasteiger partial charge >= 0.3 is 28.2 Å². The van der Waals surface area contributed by atoms with Crippen LogP contribution in [0.3, 0.4) is 0 Å². The van der Waals surface area contributed by atoms with Gasteiger partial charge in [0.15, 0.2) is 0 Å². The predicted molar refractivity (Wildman–Crippen MR) is 33.8 cm³/mol. The van der Waals surface area contributed by atoms with Crippen molar-refractivity contribution in [1.82, 2.24) is 0 Å². The van der Waals surface area contributed by atoms with E-state index in [1.165, 1.54) is 0 Å². The molecular formula is AlCl3CoO4S. The van der Waals surface area contributed by atoms with E-state index in [0.717, 1.165) is 0 Å². The van der Waals surface area contributed by atoms with E-state index in [1.807, 2.05) is 0 Å². The Hall–Kier alpha value is 1.78. The first-order valence-electron chi connectivity index (χ1n) is 1.32. The van der Waals surface area contributed by atoms with Crippen LogP contribution in [0.25, 0.3) is 0 Å². The molecule has 0 aliphatic heterocycles. The molecule has 0 N–H and O–H groups in total. The Labute approximate surface area is 85.6 Å². The second kappa shape index (κ2) is 8.87. The molecule has 0 aromatic carbocycles. The minimum Gasteiger partial charge on any atom is -0.759 e. The molecule has 0 bridgehead atoms. The monoisotopic (exact) mass is 287 g/mol. The van der Waals surface area contributed by atoms with Crippen molar-refractivity contribution in [3.05, 3.63) is 0 Å². The van der Waals surface area contributed by atoms with Crippen LogP contribution in [0.1, 0.15) is 0 Å². The summed E-state index contributed by atoms with van der Waals surface area (Å²) in [7, 11) is 9.67. The number of hydrogen-bond acceptors (Lipinski definition) is 4. The van der Waals surface area contributed by atoms with E-state index < -0.39 is 21.8 Å². The minimum atomic E-state index is -5.17. The van der Waals surface area contributed by atoms with Crippen LogP contribution in [0.4, 0.5) is 0 Å². The van der Waals surface area contributed by atoms with Crippen LogP contribution in [-0.4, -0.2) is 28.9 Å². The fourth-order valence-corrected chi connectivity index (χ4v) is 0. The molecule has 0 fully saturated rings. The van der Waals surface area contributed by atoms with E-state index in [9.17, 15) is 0 Å². The Morgan fingerprint density at radius 2 is 1.10 bits per heavy atom. The van der Waals surface area contributed by atoms with Crippen molar-refractivity contribution in [1.29, 1.82) is 0 Å². The summed E-state index contributed by atoms with van der Waals surface area (Å²) in [5.41, 5.74) is 0. The quantitative estimate of drug-likeness (QED) is 0.366. The molecule has 0 aromatic rings. The largest absolute Gasteiger partial charge is 2.00 e. The zero-order valence-corrected chi connectivity index (χ0v) is 9.37. The summed E-state index contributed by atoms with van der Waals surface area (Å²) in [6, 6.07) is 0. The van der Waals surface area contributed by atoms with Crippen molar-refractivity contribution in [3.8, 4) is 0 Å². The number of hydrogen-bond donors (Lipinski definition) is 0. The molecule has 10 heteroatoms. The van der Waals surface area contributed by atoms with Gasteiger partial charge in [-0.1, -0.05) is 0 Å². The van der Waals surface area contributed by atoms with Gasteiger partial charge in [0.2, 0.25) is 0 Å². The van der Waals surface area contributed by atoms with E-state index in [2.05, 4.69) is 0 Å². The fourth-order valence-electron chi connectivity index (χ4n) is 0. The molecule has 0 rings (SSSR count). The van der Waals surface area contributed by atoms with E-state index >= 15 is 0 Å². The van der Waals surface area contributed by atoms with E-state index in [4.69, 9.17) is 47.7 Å². The van der Waals surface area contributed by atoms with Crippen LogP contribution in [0.15, 0.2) is 0 Å². The Morgan fingerprint density at radius 3 is 1.10 bits per heavy atom. The van der Waals surface area contributed by atoms with E-state index in [-0.39, 0.29) is 16.8 Å². The molecule has 0 unspecified atom stereocenters. The Balaban J connectivity index is -0.0000000910. The molecule has 0 aromatic heterocycles. The molecule has 0 aliphatic rings. The SMILES string of the molecule is O=S(=O)([O-])[O-].[Cl][Al]([Cl])[Cl].[Co+2]. The molecule has 0 aliphatic carbocycles. The van der Waals surface area contributed by atoms with Crippen molar-refractivity contribution in [2.45, 2.75) is 0 Å². The molecule has 10 heavy (non-hydrogen) atoms. The summed E-state index contributed by atoms with van der Waals surface area (Å²) < 4.78 is 34.1. The molecule has 63 valence electrons. The average Bonchev–Trinajstić information content (AvgIpc) is 1.19. The van der Waals surface area contributed by atoms with Crippen molar-refractivity contribution in [2.75, 3.05) is 0 Å². The third kappa shape index (κ3) is 238. The molecule has 0 heterocycles. The van der Waals surface area contributed by atoms with Crippen LogP contribution >= 0.6 is 30.1 Å². The second-order valence-corrected chi connectivity index (χ2v) is 7.91. The van der Waals surface area contributed by atoms with Gasteiger partial charge in [0.1, 0.15) is 0 Å². The van der Waals surface area contributed by atoms with Gasteiger partial charge in [-0.25, -0.2) is 30.1 Å². The third-order valence-corrected chi connectivity index (χ3v) is 0. The zero-order chi connectivity index (χ0) is 8.08. The molecule has 4 nitrogen and oxygen atoms in total. The summed E-state index contributed by atoms with van der Waals surface area (Å²) >= 11 is -1.72. The zero-order valence-electron chi connectivity index (χ0n) is 4.09. The first-order chi connectivity index (χ1) is 3.73. The predicted octanol–water partition coefficient (Wildman–Crippen LogP) is 0.347. The standard InChI is InChI=1S/Al.3ClH.Co.H2O4S/c;;;;;1-5(2,3)4/h;3*1H;;(H2,1,2,3,4)/q+3;;;;+2;/p-5. The van der Waals surface area contributed by atoms with Crippen LogP contribution in [0, 0.1) is 0 Å². The molecule has 0 atom stereocenters. The maximum Gasteiger partial charge on any atom is 2.00 e. The summed E-state index contributed by atoms with van der Waals surface area (Å²) in [4.78, 5) is 0. The van der Waals surface area contributed by atoms with Gasteiger partial charge in [0.25, 0.3) is 0 Å². The van der Waals surface area contributed by atoms with Crippen molar-refractivity contribution in [3.63, 3.8) is 0 Å². The van der Waals surface area contributed by atoms with Gasteiger partial charge in [0, 0.05) is 10.4 Å². The second-order valence-electron chi connectivity index (χ2n) is 0.656. The van der Waals surface area contributed by atoms with Crippen LogP contribution in [-0.2, 0) is 27.2 Å². The van der Waals surface area contributed by atoms with E-state index in [1.54, 1.807) is 0 Å². The van der Waals surface area contributed by atoms with Crippen molar-refractivity contribution >= 4 is 51.9 Å². The summed E-state index contributed by atoms with van der Waals surface area (Å²) in [5, 5.41) is 0. The number of halogens is 3. The minimum absolute atomic E-state index is 0. The van der Waals surface area contributed by atoms with Gasteiger partial charge in [-0.05, 0) is 0 Å². The topological polar surface area (TPSA) is 80.3 Å². The molecule has 0 saturated heterocycles. The van der Waals surface area contributed by atoms with E-state index in [0.29, 0.717) is 0 Å². The van der Waals surface area contributed by atoms with Crippen LogP contribution < -0.4 is 0 Å². The Bertz CT molecular complexity index is 132. The normalized spacial score (nSPS) is 8.50. The molecule has 0 saturated carbocycles. The van der Waals surface area contributed by atoms with Gasteiger partial charge in [-0.15, -0.1) is 0 Å². The summed E-state index contributed by atoms with van der Waals surface area (Å²) in [6.45, 7) is 0. The van der Waals surface area contributed by atoms with Crippen molar-refractivity contribution < 1.29 is 34.3 Å². The Kier molecular flexibility index (Phi) is 15.8. The Morgan fingerprint density at radius 1 is 1.10 bits per heavy atom. The fraction of sp³-hybridized carbons (Fsp3) is 0. The summed E-state index contributed by atoms with van der Waals surface area (Å²) in [6.07, 6.45) is 0. The first-order valence-corrected chi connectivity index (χ1v) is 7.89. The maximum absolute atomic E-state index is 8.52. The molecular weight excluding hydrogens is 288 g/mol. The first kappa shape index (κ1) is 17.8. The van der Waals surface area contributed by atoms with Crippen molar-refractivity contribution in [2.24, 2.45) is 0 Å². The summed E-state index contributed by atoms with van der Waals surface area (Å²) in [5.74, 6) is 0. The smallest absolute Gasteiger partial charge is 0.759 e. The third-order valence-electron chi connectivity index (χ3n) is 0. The van der Waals surface area contributed by atoms with Crippen LogP contribution in [0.2, 0.25) is 0 Å². The van der Waals surface area contributed by atoms with Gasteiger partial charge in [0.05, 0.1) is 0 Å². The average molecular weight is 288 g/mol. The molecule has 0 spiro atoms. The van der Waals surface area contributed by atoms with Gasteiger partial charge < -0.3 is 9.11 Å². The molecule has 1 radical (unpaired) electrons.